The van der Waals surface area contributed by atoms with Gasteiger partial charge in [0.1, 0.15) is 6.54 Å². The van der Waals surface area contributed by atoms with Crippen LogP contribution in [-0.4, -0.2) is 24.3 Å². The zero-order valence-corrected chi connectivity index (χ0v) is 15.5. The van der Waals surface area contributed by atoms with Crippen LogP contribution in [0.15, 0.2) is 48.5 Å². The normalized spacial score (nSPS) is 14.1. The molecule has 6 heteroatoms. The van der Waals surface area contributed by atoms with Gasteiger partial charge in [-0.25, -0.2) is 0 Å². The van der Waals surface area contributed by atoms with Gasteiger partial charge < -0.3 is 15.5 Å². The van der Waals surface area contributed by atoms with Crippen LogP contribution in [-0.2, 0) is 14.4 Å². The summed E-state index contributed by atoms with van der Waals surface area (Å²) < 4.78 is 0. The summed E-state index contributed by atoms with van der Waals surface area (Å²) in [5.74, 6) is -0.662. The van der Waals surface area contributed by atoms with E-state index in [1.165, 1.54) is 4.90 Å². The Labute approximate surface area is 158 Å². The van der Waals surface area contributed by atoms with E-state index in [0.717, 1.165) is 11.1 Å². The van der Waals surface area contributed by atoms with Gasteiger partial charge in [-0.2, -0.15) is 0 Å². The lowest BCUT2D eigenvalue weighted by Crippen LogP contribution is -2.42. The molecule has 0 radical (unpaired) electrons. The first-order chi connectivity index (χ1) is 13.0. The predicted octanol–water partition coefficient (Wildman–Crippen LogP) is 2.94. The fraction of sp³-hybridized carbons (Fsp3) is 0.286. The first-order valence-electron chi connectivity index (χ1n) is 9.00. The van der Waals surface area contributed by atoms with Crippen molar-refractivity contribution in [1.29, 1.82) is 0 Å². The molecule has 1 heterocycles. The SMILES string of the molecule is Cc1ccccc1[C@H](C)NC(=O)CCC(=O)N1CC(=O)Nc2ccccc21. The summed E-state index contributed by atoms with van der Waals surface area (Å²) in [7, 11) is 0. The number of fused-ring (bicyclic) bond motifs is 1. The zero-order valence-electron chi connectivity index (χ0n) is 15.5. The Balaban J connectivity index is 1.59. The van der Waals surface area contributed by atoms with Gasteiger partial charge in [0.25, 0.3) is 0 Å². The van der Waals surface area contributed by atoms with Crippen molar-refractivity contribution in [3.05, 3.63) is 59.7 Å². The molecule has 2 aromatic carbocycles. The molecule has 3 rings (SSSR count). The Hall–Kier alpha value is -3.15. The maximum Gasteiger partial charge on any atom is 0.244 e. The van der Waals surface area contributed by atoms with E-state index < -0.39 is 0 Å². The van der Waals surface area contributed by atoms with Crippen LogP contribution in [0.4, 0.5) is 11.4 Å². The Kier molecular flexibility index (Phi) is 5.54. The highest BCUT2D eigenvalue weighted by Crippen LogP contribution is 2.29. The second-order valence-electron chi connectivity index (χ2n) is 6.69. The third kappa shape index (κ3) is 4.34. The number of carbonyl (C=O) groups excluding carboxylic acids is 3. The Morgan fingerprint density at radius 1 is 1.11 bits per heavy atom. The molecule has 0 fully saturated rings. The number of amides is 3. The molecule has 0 bridgehead atoms. The molecule has 2 aromatic rings. The second-order valence-corrected chi connectivity index (χ2v) is 6.69. The van der Waals surface area contributed by atoms with Crippen LogP contribution in [0.3, 0.4) is 0 Å². The average Bonchev–Trinajstić information content (AvgIpc) is 2.65. The van der Waals surface area contributed by atoms with Crippen LogP contribution in [0.1, 0.15) is 36.9 Å². The molecule has 0 saturated carbocycles. The van der Waals surface area contributed by atoms with Gasteiger partial charge in [0.15, 0.2) is 0 Å². The monoisotopic (exact) mass is 365 g/mol. The minimum Gasteiger partial charge on any atom is -0.350 e. The van der Waals surface area contributed by atoms with Crippen molar-refractivity contribution in [3.63, 3.8) is 0 Å². The smallest absolute Gasteiger partial charge is 0.244 e. The predicted molar refractivity (Wildman–Crippen MR) is 104 cm³/mol. The van der Waals surface area contributed by atoms with Crippen molar-refractivity contribution in [3.8, 4) is 0 Å². The Bertz CT molecular complexity index is 878. The largest absolute Gasteiger partial charge is 0.350 e. The molecule has 3 amide bonds. The molecule has 140 valence electrons. The average molecular weight is 365 g/mol. The minimum absolute atomic E-state index is 0.0307. The number of nitrogens with zero attached hydrogens (tertiary/aromatic N) is 1. The highest BCUT2D eigenvalue weighted by atomic mass is 16.2. The van der Waals surface area contributed by atoms with E-state index in [9.17, 15) is 14.4 Å². The minimum atomic E-state index is -0.240. The maximum atomic E-state index is 12.6. The van der Waals surface area contributed by atoms with E-state index in [1.54, 1.807) is 18.2 Å². The van der Waals surface area contributed by atoms with E-state index in [0.29, 0.717) is 11.4 Å². The first kappa shape index (κ1) is 18.6. The molecule has 1 aliphatic heterocycles. The van der Waals surface area contributed by atoms with Crippen molar-refractivity contribution >= 4 is 29.1 Å². The van der Waals surface area contributed by atoms with Gasteiger partial charge in [-0.1, -0.05) is 36.4 Å². The number of hydrogen-bond donors (Lipinski definition) is 2. The number of hydrogen-bond acceptors (Lipinski definition) is 3. The highest BCUT2D eigenvalue weighted by Gasteiger charge is 2.26. The molecule has 0 unspecified atom stereocenters. The summed E-state index contributed by atoms with van der Waals surface area (Å²) in [5, 5.41) is 5.68. The number of rotatable bonds is 5. The number of anilines is 2. The molecule has 2 N–H and O–H groups in total. The fourth-order valence-electron chi connectivity index (χ4n) is 3.28. The van der Waals surface area contributed by atoms with Gasteiger partial charge in [0.05, 0.1) is 17.4 Å². The fourth-order valence-corrected chi connectivity index (χ4v) is 3.28. The van der Waals surface area contributed by atoms with E-state index in [4.69, 9.17) is 0 Å². The maximum absolute atomic E-state index is 12.6. The number of carbonyl (C=O) groups is 3. The zero-order chi connectivity index (χ0) is 19.4. The Morgan fingerprint density at radius 3 is 2.59 bits per heavy atom. The number of benzene rings is 2. The summed E-state index contributed by atoms with van der Waals surface area (Å²) in [6.45, 7) is 3.89. The second kappa shape index (κ2) is 8.03. The summed E-state index contributed by atoms with van der Waals surface area (Å²) >= 11 is 0. The lowest BCUT2D eigenvalue weighted by atomic mass is 10.0. The lowest BCUT2D eigenvalue weighted by Gasteiger charge is -2.29. The summed E-state index contributed by atoms with van der Waals surface area (Å²) in [6.07, 6.45) is 0.128. The van der Waals surface area contributed by atoms with Crippen molar-refractivity contribution in [2.24, 2.45) is 0 Å². The van der Waals surface area contributed by atoms with Crippen LogP contribution in [0.2, 0.25) is 0 Å². The third-order valence-corrected chi connectivity index (χ3v) is 4.67. The van der Waals surface area contributed by atoms with E-state index >= 15 is 0 Å². The van der Waals surface area contributed by atoms with Crippen LogP contribution in [0, 0.1) is 6.92 Å². The molecular weight excluding hydrogens is 342 g/mol. The standard InChI is InChI=1S/C21H23N3O3/c1-14-7-3-4-8-16(14)15(2)22-19(25)11-12-21(27)24-13-20(26)23-17-9-5-6-10-18(17)24/h3-10,15H,11-13H2,1-2H3,(H,22,25)(H,23,26)/t15-/m0/s1. The molecule has 0 spiro atoms. The van der Waals surface area contributed by atoms with Crippen LogP contribution < -0.4 is 15.5 Å². The highest BCUT2D eigenvalue weighted by molar-refractivity contribution is 6.10. The van der Waals surface area contributed by atoms with Crippen LogP contribution in [0.5, 0.6) is 0 Å². The first-order valence-corrected chi connectivity index (χ1v) is 9.00. The lowest BCUT2D eigenvalue weighted by molar-refractivity contribution is -0.126. The van der Waals surface area contributed by atoms with E-state index in [2.05, 4.69) is 10.6 Å². The van der Waals surface area contributed by atoms with Gasteiger partial charge in [0.2, 0.25) is 17.7 Å². The third-order valence-electron chi connectivity index (χ3n) is 4.67. The van der Waals surface area contributed by atoms with E-state index in [-0.39, 0.29) is 43.1 Å². The van der Waals surface area contributed by atoms with Gasteiger partial charge in [-0.15, -0.1) is 0 Å². The molecule has 1 atom stereocenters. The molecule has 0 saturated heterocycles. The van der Waals surface area contributed by atoms with Gasteiger partial charge in [0, 0.05) is 12.8 Å². The topological polar surface area (TPSA) is 78.5 Å². The van der Waals surface area contributed by atoms with Crippen LogP contribution >= 0.6 is 0 Å². The molecule has 0 aliphatic carbocycles. The van der Waals surface area contributed by atoms with Gasteiger partial charge >= 0.3 is 0 Å². The van der Waals surface area contributed by atoms with Gasteiger partial charge in [-0.05, 0) is 37.1 Å². The van der Waals surface area contributed by atoms with Crippen molar-refractivity contribution in [2.45, 2.75) is 32.7 Å². The van der Waals surface area contributed by atoms with Crippen molar-refractivity contribution in [2.75, 3.05) is 16.8 Å². The molecular formula is C21H23N3O3. The van der Waals surface area contributed by atoms with Crippen molar-refractivity contribution < 1.29 is 14.4 Å². The number of para-hydroxylation sites is 2. The molecule has 0 aromatic heterocycles. The quantitative estimate of drug-likeness (QED) is 0.855. The molecule has 1 aliphatic rings. The van der Waals surface area contributed by atoms with Crippen LogP contribution in [0.25, 0.3) is 0 Å². The Morgan fingerprint density at radius 2 is 1.81 bits per heavy atom. The molecule has 27 heavy (non-hydrogen) atoms. The number of aryl methyl sites for hydroxylation is 1. The van der Waals surface area contributed by atoms with E-state index in [1.807, 2.05) is 44.2 Å². The molecule has 6 nitrogen and oxygen atoms in total. The summed E-state index contributed by atoms with van der Waals surface area (Å²) in [5.41, 5.74) is 3.44. The number of nitrogens with one attached hydrogen (secondary N) is 2. The summed E-state index contributed by atoms with van der Waals surface area (Å²) in [4.78, 5) is 38.1. The van der Waals surface area contributed by atoms with Gasteiger partial charge in [-0.3, -0.25) is 14.4 Å². The summed E-state index contributed by atoms with van der Waals surface area (Å²) in [6, 6.07) is 14.9. The van der Waals surface area contributed by atoms with Crippen molar-refractivity contribution in [1.82, 2.24) is 5.32 Å².